The summed E-state index contributed by atoms with van der Waals surface area (Å²) in [5.41, 5.74) is -0.245. The molecule has 1 amide bonds. The number of benzene rings is 2. The normalized spacial score (nSPS) is 11.5. The predicted molar refractivity (Wildman–Crippen MR) is 90.7 cm³/mol. The van der Waals surface area contributed by atoms with Crippen LogP contribution in [0, 0.1) is 15.9 Å². The van der Waals surface area contributed by atoms with Gasteiger partial charge in [0.25, 0.3) is 11.6 Å². The standard InChI is InChI=1S/C16H12BrFN2O5/c1-9(25-16(22)11-7-6-10(18)8-12(11)17)15(21)19-13-4-2-3-5-14(13)20(23)24/h2-9H,1H3,(H,19,21)/t9-/m1/s1. The van der Waals surface area contributed by atoms with E-state index >= 15 is 0 Å². The lowest BCUT2D eigenvalue weighted by molar-refractivity contribution is -0.383. The van der Waals surface area contributed by atoms with Gasteiger partial charge in [0.2, 0.25) is 0 Å². The third-order valence-corrected chi connectivity index (χ3v) is 3.82. The van der Waals surface area contributed by atoms with Crippen molar-refractivity contribution in [1.82, 2.24) is 0 Å². The number of halogens is 2. The Morgan fingerprint density at radius 1 is 1.28 bits per heavy atom. The Balaban J connectivity index is 2.08. The number of esters is 1. The lowest BCUT2D eigenvalue weighted by atomic mass is 10.2. The van der Waals surface area contributed by atoms with Crippen LogP contribution in [0.15, 0.2) is 46.9 Å². The zero-order chi connectivity index (χ0) is 18.6. The first-order valence-electron chi connectivity index (χ1n) is 7.00. The summed E-state index contributed by atoms with van der Waals surface area (Å²) < 4.78 is 18.2. The third-order valence-electron chi connectivity index (χ3n) is 3.16. The van der Waals surface area contributed by atoms with Crippen LogP contribution in [-0.2, 0) is 9.53 Å². The highest BCUT2D eigenvalue weighted by Gasteiger charge is 2.23. The first kappa shape index (κ1) is 18.5. The molecule has 2 aromatic carbocycles. The number of anilines is 1. The number of rotatable bonds is 5. The summed E-state index contributed by atoms with van der Waals surface area (Å²) >= 11 is 3.04. The van der Waals surface area contributed by atoms with Crippen molar-refractivity contribution >= 4 is 39.2 Å². The van der Waals surface area contributed by atoms with E-state index in [1.807, 2.05) is 0 Å². The Morgan fingerprint density at radius 3 is 2.60 bits per heavy atom. The number of nitro benzene ring substituents is 1. The lowest BCUT2D eigenvalue weighted by Gasteiger charge is -2.14. The Morgan fingerprint density at radius 2 is 1.96 bits per heavy atom. The molecule has 2 aromatic rings. The van der Waals surface area contributed by atoms with Gasteiger partial charge in [-0.05, 0) is 47.1 Å². The molecule has 0 fully saturated rings. The van der Waals surface area contributed by atoms with E-state index in [1.165, 1.54) is 37.3 Å². The van der Waals surface area contributed by atoms with E-state index in [0.29, 0.717) is 0 Å². The number of ether oxygens (including phenoxy) is 1. The number of nitro groups is 1. The van der Waals surface area contributed by atoms with Crippen molar-refractivity contribution in [3.8, 4) is 0 Å². The van der Waals surface area contributed by atoms with Gasteiger partial charge in [0, 0.05) is 10.5 Å². The quantitative estimate of drug-likeness (QED) is 0.460. The van der Waals surface area contributed by atoms with Crippen LogP contribution in [0.4, 0.5) is 15.8 Å². The molecule has 9 heteroatoms. The number of nitrogens with one attached hydrogen (secondary N) is 1. The van der Waals surface area contributed by atoms with Gasteiger partial charge >= 0.3 is 5.97 Å². The smallest absolute Gasteiger partial charge is 0.340 e. The molecule has 0 radical (unpaired) electrons. The summed E-state index contributed by atoms with van der Waals surface area (Å²) in [7, 11) is 0. The second-order valence-electron chi connectivity index (χ2n) is 4.94. The fourth-order valence-corrected chi connectivity index (χ4v) is 2.42. The summed E-state index contributed by atoms with van der Waals surface area (Å²) in [5.74, 6) is -2.11. The number of nitrogens with zero attached hydrogens (tertiary/aromatic N) is 1. The van der Waals surface area contributed by atoms with Gasteiger partial charge in [-0.1, -0.05) is 12.1 Å². The van der Waals surface area contributed by atoms with Crippen LogP contribution < -0.4 is 5.32 Å². The number of carbonyl (C=O) groups excluding carboxylic acids is 2. The topological polar surface area (TPSA) is 98.5 Å². The Bertz CT molecular complexity index is 843. The van der Waals surface area contributed by atoms with E-state index in [9.17, 15) is 24.1 Å². The second-order valence-corrected chi connectivity index (χ2v) is 5.79. The summed E-state index contributed by atoms with van der Waals surface area (Å²) in [4.78, 5) is 34.5. The molecule has 0 bridgehead atoms. The van der Waals surface area contributed by atoms with Crippen molar-refractivity contribution in [1.29, 1.82) is 0 Å². The molecule has 0 heterocycles. The van der Waals surface area contributed by atoms with E-state index in [-0.39, 0.29) is 21.4 Å². The maximum Gasteiger partial charge on any atom is 0.340 e. The zero-order valence-electron chi connectivity index (χ0n) is 12.9. The minimum absolute atomic E-state index is 0.0108. The monoisotopic (exact) mass is 410 g/mol. The highest BCUT2D eigenvalue weighted by molar-refractivity contribution is 9.10. The summed E-state index contributed by atoms with van der Waals surface area (Å²) in [5, 5.41) is 13.3. The van der Waals surface area contributed by atoms with Gasteiger partial charge in [-0.25, -0.2) is 9.18 Å². The number of amides is 1. The maximum atomic E-state index is 13.0. The number of hydrogen-bond acceptors (Lipinski definition) is 5. The summed E-state index contributed by atoms with van der Waals surface area (Å²) in [6, 6.07) is 8.98. The molecule has 25 heavy (non-hydrogen) atoms. The molecule has 0 saturated heterocycles. The molecular formula is C16H12BrFN2O5. The van der Waals surface area contributed by atoms with Gasteiger partial charge < -0.3 is 10.1 Å². The van der Waals surface area contributed by atoms with Crippen molar-refractivity contribution in [2.24, 2.45) is 0 Å². The Kier molecular flexibility index (Phi) is 5.81. The molecule has 1 N–H and O–H groups in total. The highest BCUT2D eigenvalue weighted by Crippen LogP contribution is 2.24. The molecule has 0 aliphatic carbocycles. The largest absolute Gasteiger partial charge is 0.449 e. The average Bonchev–Trinajstić information content (AvgIpc) is 2.54. The molecule has 2 rings (SSSR count). The minimum atomic E-state index is -1.22. The summed E-state index contributed by atoms with van der Waals surface area (Å²) in [6.45, 7) is 1.32. The van der Waals surface area contributed by atoms with Crippen molar-refractivity contribution in [3.63, 3.8) is 0 Å². The van der Waals surface area contributed by atoms with Gasteiger partial charge in [0.05, 0.1) is 10.5 Å². The molecule has 0 aromatic heterocycles. The molecule has 0 aliphatic rings. The minimum Gasteiger partial charge on any atom is -0.449 e. The van der Waals surface area contributed by atoms with Crippen molar-refractivity contribution in [2.45, 2.75) is 13.0 Å². The number of hydrogen-bond donors (Lipinski definition) is 1. The van der Waals surface area contributed by atoms with E-state index in [2.05, 4.69) is 21.2 Å². The fourth-order valence-electron chi connectivity index (χ4n) is 1.91. The van der Waals surface area contributed by atoms with Crippen LogP contribution in [0.1, 0.15) is 17.3 Å². The van der Waals surface area contributed by atoms with Gasteiger partial charge in [0.15, 0.2) is 6.10 Å². The Hall–Kier alpha value is -2.81. The average molecular weight is 411 g/mol. The molecule has 0 saturated carbocycles. The van der Waals surface area contributed by atoms with Crippen LogP contribution in [0.3, 0.4) is 0 Å². The molecule has 130 valence electrons. The molecule has 0 aliphatic heterocycles. The fraction of sp³-hybridized carbons (Fsp3) is 0.125. The first-order chi connectivity index (χ1) is 11.8. The summed E-state index contributed by atoms with van der Waals surface area (Å²) in [6.07, 6.45) is -1.22. The van der Waals surface area contributed by atoms with Crippen molar-refractivity contribution in [3.05, 3.63) is 68.4 Å². The zero-order valence-corrected chi connectivity index (χ0v) is 14.4. The van der Waals surface area contributed by atoms with Crippen LogP contribution in [0.2, 0.25) is 0 Å². The van der Waals surface area contributed by atoms with Crippen molar-refractivity contribution < 1.29 is 23.6 Å². The molecule has 7 nitrogen and oxygen atoms in total. The van der Waals surface area contributed by atoms with Gasteiger partial charge in [-0.3, -0.25) is 14.9 Å². The Labute approximate surface area is 150 Å². The van der Waals surface area contributed by atoms with Crippen LogP contribution in [0.5, 0.6) is 0 Å². The molecule has 1 atom stereocenters. The first-order valence-corrected chi connectivity index (χ1v) is 7.79. The van der Waals surface area contributed by atoms with Crippen LogP contribution in [0.25, 0.3) is 0 Å². The highest BCUT2D eigenvalue weighted by atomic mass is 79.9. The van der Waals surface area contributed by atoms with Gasteiger partial charge in [-0.2, -0.15) is 0 Å². The van der Waals surface area contributed by atoms with E-state index in [4.69, 9.17) is 4.74 Å². The van der Waals surface area contributed by atoms with Gasteiger partial charge in [0.1, 0.15) is 11.5 Å². The van der Waals surface area contributed by atoms with E-state index < -0.39 is 28.7 Å². The van der Waals surface area contributed by atoms with E-state index in [1.54, 1.807) is 0 Å². The van der Waals surface area contributed by atoms with Crippen LogP contribution in [-0.4, -0.2) is 22.9 Å². The van der Waals surface area contributed by atoms with Crippen LogP contribution >= 0.6 is 15.9 Å². The van der Waals surface area contributed by atoms with E-state index in [0.717, 1.165) is 12.1 Å². The van der Waals surface area contributed by atoms with Crippen molar-refractivity contribution in [2.75, 3.05) is 5.32 Å². The number of para-hydroxylation sites is 2. The lowest BCUT2D eigenvalue weighted by Crippen LogP contribution is -2.30. The molecule has 0 unspecified atom stereocenters. The predicted octanol–water partition coefficient (Wildman–Crippen LogP) is 3.68. The SMILES string of the molecule is C[C@@H](OC(=O)c1ccc(F)cc1Br)C(=O)Nc1ccccc1[N+](=O)[O-]. The number of carbonyl (C=O) groups is 2. The second kappa shape index (κ2) is 7.84. The molecule has 0 spiro atoms. The van der Waals surface area contributed by atoms with Gasteiger partial charge in [-0.15, -0.1) is 0 Å². The third kappa shape index (κ3) is 4.60. The maximum absolute atomic E-state index is 13.0. The molecular weight excluding hydrogens is 399 g/mol.